The zero-order chi connectivity index (χ0) is 19.8. The number of hydrogen-bond donors (Lipinski definition) is 0. The van der Waals surface area contributed by atoms with Crippen LogP contribution in [0.25, 0.3) is 0 Å². The number of benzene rings is 2. The molecule has 6 heteroatoms. The van der Waals surface area contributed by atoms with Gasteiger partial charge in [0.15, 0.2) is 11.5 Å². The molecule has 0 atom stereocenters. The number of ether oxygens (including phenoxy) is 4. The Hall–Kier alpha value is -3.02. The van der Waals surface area contributed by atoms with Gasteiger partial charge in [0, 0.05) is 19.9 Å². The fourth-order valence-electron chi connectivity index (χ4n) is 2.35. The minimum Gasteiger partial charge on any atom is -0.449 e. The Balaban J connectivity index is 1.66. The quantitative estimate of drug-likeness (QED) is 0.590. The Kier molecular flexibility index (Phi) is 4.59. The first-order valence-corrected chi connectivity index (χ1v) is 8.60. The van der Waals surface area contributed by atoms with E-state index in [2.05, 4.69) is 0 Å². The molecule has 0 fully saturated rings. The molecule has 0 saturated carbocycles. The summed E-state index contributed by atoms with van der Waals surface area (Å²) in [5.41, 5.74) is -0.269. The summed E-state index contributed by atoms with van der Waals surface area (Å²) in [7, 11) is 0. The van der Waals surface area contributed by atoms with E-state index in [1.807, 2.05) is 0 Å². The zero-order valence-electron chi connectivity index (χ0n) is 16.0. The number of hydrogen-bond acceptors (Lipinski definition) is 6. The number of fused-ring (bicyclic) bond motifs is 1. The Morgan fingerprint density at radius 2 is 1.44 bits per heavy atom. The molecule has 0 amide bonds. The summed E-state index contributed by atoms with van der Waals surface area (Å²) in [6.07, 6.45) is 0. The third kappa shape index (κ3) is 4.39. The molecule has 2 aromatic rings. The van der Waals surface area contributed by atoms with Gasteiger partial charge >= 0.3 is 11.9 Å². The Morgan fingerprint density at radius 3 is 2.07 bits per heavy atom. The van der Waals surface area contributed by atoms with Gasteiger partial charge in [0.1, 0.15) is 11.5 Å². The predicted octanol–water partition coefficient (Wildman–Crippen LogP) is 4.36. The molecular formula is C21H22O6. The summed E-state index contributed by atoms with van der Waals surface area (Å²) >= 11 is 0. The van der Waals surface area contributed by atoms with Crippen LogP contribution in [0.15, 0.2) is 42.5 Å². The van der Waals surface area contributed by atoms with Gasteiger partial charge in [-0.15, -0.1) is 0 Å². The fraction of sp³-hybridized carbons (Fsp3) is 0.333. The van der Waals surface area contributed by atoms with Gasteiger partial charge in [-0.3, -0.25) is 4.79 Å². The molecule has 2 aromatic carbocycles. The Morgan fingerprint density at radius 1 is 0.852 bits per heavy atom. The highest BCUT2D eigenvalue weighted by atomic mass is 16.7. The van der Waals surface area contributed by atoms with Crippen molar-refractivity contribution in [2.24, 2.45) is 5.41 Å². The van der Waals surface area contributed by atoms with Crippen molar-refractivity contribution in [3.8, 4) is 23.0 Å². The maximum atomic E-state index is 12.3. The van der Waals surface area contributed by atoms with Gasteiger partial charge in [-0.1, -0.05) is 0 Å². The number of carbonyl (C=O) groups is 2. The van der Waals surface area contributed by atoms with Gasteiger partial charge in [-0.05, 0) is 57.2 Å². The maximum absolute atomic E-state index is 12.3. The van der Waals surface area contributed by atoms with E-state index in [0.29, 0.717) is 28.6 Å². The molecule has 0 bridgehead atoms. The van der Waals surface area contributed by atoms with Crippen LogP contribution in [0.2, 0.25) is 0 Å². The molecule has 6 nitrogen and oxygen atoms in total. The zero-order valence-corrected chi connectivity index (χ0v) is 16.0. The SMILES string of the molecule is CC1(C)Oc2ccc(OC(=O)c3ccc(OC(=O)C(C)(C)C)cc3)cc2O1. The van der Waals surface area contributed by atoms with Gasteiger partial charge in [0.25, 0.3) is 0 Å². The Labute approximate surface area is 158 Å². The minimum atomic E-state index is -0.745. The highest BCUT2D eigenvalue weighted by molar-refractivity contribution is 5.91. The highest BCUT2D eigenvalue weighted by Crippen LogP contribution is 2.41. The van der Waals surface area contributed by atoms with Gasteiger partial charge in [0.05, 0.1) is 11.0 Å². The van der Waals surface area contributed by atoms with E-state index in [1.165, 1.54) is 0 Å². The largest absolute Gasteiger partial charge is 0.449 e. The lowest BCUT2D eigenvalue weighted by atomic mass is 9.97. The standard InChI is InChI=1S/C21H22O6/c1-20(2,3)19(23)25-14-8-6-13(7-9-14)18(22)24-15-10-11-16-17(12-15)27-21(4,5)26-16/h6-12H,1-5H3. The molecule has 0 radical (unpaired) electrons. The van der Waals surface area contributed by atoms with Crippen molar-refractivity contribution in [1.29, 1.82) is 0 Å². The van der Waals surface area contributed by atoms with Crippen LogP contribution < -0.4 is 18.9 Å². The molecule has 1 heterocycles. The molecule has 0 N–H and O–H groups in total. The van der Waals surface area contributed by atoms with Crippen LogP contribution in [-0.2, 0) is 4.79 Å². The van der Waals surface area contributed by atoms with E-state index in [-0.39, 0.29) is 5.97 Å². The minimum absolute atomic E-state index is 0.337. The molecule has 0 saturated heterocycles. The Bertz CT molecular complexity index is 875. The van der Waals surface area contributed by atoms with Crippen molar-refractivity contribution in [2.45, 2.75) is 40.4 Å². The van der Waals surface area contributed by atoms with Crippen molar-refractivity contribution in [1.82, 2.24) is 0 Å². The van der Waals surface area contributed by atoms with Crippen LogP contribution in [0.1, 0.15) is 45.0 Å². The van der Waals surface area contributed by atoms with E-state index in [1.54, 1.807) is 77.1 Å². The molecule has 0 unspecified atom stereocenters. The lowest BCUT2D eigenvalue weighted by Gasteiger charge is -2.16. The molecular weight excluding hydrogens is 348 g/mol. The number of rotatable bonds is 3. The fourth-order valence-corrected chi connectivity index (χ4v) is 2.35. The maximum Gasteiger partial charge on any atom is 0.343 e. The van der Waals surface area contributed by atoms with Gasteiger partial charge < -0.3 is 18.9 Å². The summed E-state index contributed by atoms with van der Waals surface area (Å²) in [5.74, 6) is 0.230. The number of esters is 2. The second kappa shape index (κ2) is 6.61. The van der Waals surface area contributed by atoms with Crippen molar-refractivity contribution in [3.05, 3.63) is 48.0 Å². The molecule has 0 spiro atoms. The van der Waals surface area contributed by atoms with Gasteiger partial charge in [0.2, 0.25) is 5.79 Å². The van der Waals surface area contributed by atoms with Crippen LogP contribution in [0.3, 0.4) is 0 Å². The average molecular weight is 370 g/mol. The van der Waals surface area contributed by atoms with Crippen molar-refractivity contribution >= 4 is 11.9 Å². The van der Waals surface area contributed by atoms with E-state index in [0.717, 1.165) is 0 Å². The third-order valence-corrected chi connectivity index (χ3v) is 3.75. The third-order valence-electron chi connectivity index (χ3n) is 3.75. The second-order valence-corrected chi connectivity index (χ2v) is 7.77. The summed E-state index contributed by atoms with van der Waals surface area (Å²) in [4.78, 5) is 24.2. The first-order valence-electron chi connectivity index (χ1n) is 8.60. The topological polar surface area (TPSA) is 71.1 Å². The van der Waals surface area contributed by atoms with Crippen LogP contribution in [0.5, 0.6) is 23.0 Å². The van der Waals surface area contributed by atoms with E-state index in [9.17, 15) is 9.59 Å². The van der Waals surface area contributed by atoms with Crippen molar-refractivity contribution in [3.63, 3.8) is 0 Å². The van der Waals surface area contributed by atoms with E-state index in [4.69, 9.17) is 18.9 Å². The van der Waals surface area contributed by atoms with E-state index < -0.39 is 17.2 Å². The summed E-state index contributed by atoms with van der Waals surface area (Å²) in [5, 5.41) is 0. The van der Waals surface area contributed by atoms with Gasteiger partial charge in [-0.25, -0.2) is 4.79 Å². The summed E-state index contributed by atoms with van der Waals surface area (Å²) in [6, 6.07) is 11.2. The summed E-state index contributed by atoms with van der Waals surface area (Å²) < 4.78 is 21.9. The van der Waals surface area contributed by atoms with Crippen molar-refractivity contribution < 1.29 is 28.5 Å². The van der Waals surface area contributed by atoms with Crippen LogP contribution in [0, 0.1) is 5.41 Å². The molecule has 1 aliphatic rings. The molecule has 27 heavy (non-hydrogen) atoms. The first kappa shape index (κ1) is 18.8. The average Bonchev–Trinajstić information content (AvgIpc) is 2.87. The highest BCUT2D eigenvalue weighted by Gasteiger charge is 2.32. The smallest absolute Gasteiger partial charge is 0.343 e. The second-order valence-electron chi connectivity index (χ2n) is 7.77. The molecule has 142 valence electrons. The number of carbonyl (C=O) groups excluding carboxylic acids is 2. The van der Waals surface area contributed by atoms with Crippen LogP contribution >= 0.6 is 0 Å². The summed E-state index contributed by atoms with van der Waals surface area (Å²) in [6.45, 7) is 8.91. The molecule has 1 aliphatic heterocycles. The van der Waals surface area contributed by atoms with Crippen LogP contribution in [0.4, 0.5) is 0 Å². The molecule has 0 aliphatic carbocycles. The molecule has 3 rings (SSSR count). The lowest BCUT2D eigenvalue weighted by Crippen LogP contribution is -2.29. The normalized spacial score (nSPS) is 14.6. The predicted molar refractivity (Wildman–Crippen MR) is 98.3 cm³/mol. The van der Waals surface area contributed by atoms with Gasteiger partial charge in [-0.2, -0.15) is 0 Å². The lowest BCUT2D eigenvalue weighted by molar-refractivity contribution is -0.143. The first-order chi connectivity index (χ1) is 12.5. The molecule has 0 aromatic heterocycles. The van der Waals surface area contributed by atoms with Crippen LogP contribution in [-0.4, -0.2) is 17.7 Å². The monoisotopic (exact) mass is 370 g/mol. The van der Waals surface area contributed by atoms with E-state index >= 15 is 0 Å². The van der Waals surface area contributed by atoms with Crippen molar-refractivity contribution in [2.75, 3.05) is 0 Å².